The Labute approximate surface area is 83.7 Å². The number of ether oxygens (including phenoxy) is 1. The summed E-state index contributed by atoms with van der Waals surface area (Å²) >= 11 is 0. The average molecular weight is 193 g/mol. The van der Waals surface area contributed by atoms with Gasteiger partial charge in [0.1, 0.15) is 5.75 Å². The lowest BCUT2D eigenvalue weighted by Crippen LogP contribution is -2.26. The van der Waals surface area contributed by atoms with Gasteiger partial charge in [0.05, 0.1) is 25.2 Å². The van der Waals surface area contributed by atoms with E-state index in [1.807, 2.05) is 12.3 Å². The monoisotopic (exact) mass is 193 g/mol. The van der Waals surface area contributed by atoms with E-state index in [4.69, 9.17) is 10.5 Å². The summed E-state index contributed by atoms with van der Waals surface area (Å²) in [5.74, 6) is 0.794. The lowest BCUT2D eigenvalue weighted by Gasteiger charge is -2.17. The summed E-state index contributed by atoms with van der Waals surface area (Å²) in [6, 6.07) is 2.28. The van der Waals surface area contributed by atoms with Gasteiger partial charge in [0.2, 0.25) is 0 Å². The van der Waals surface area contributed by atoms with Crippen LogP contribution in [0, 0.1) is 0 Å². The van der Waals surface area contributed by atoms with Crippen molar-refractivity contribution in [1.82, 2.24) is 4.98 Å². The van der Waals surface area contributed by atoms with Crippen molar-refractivity contribution >= 4 is 5.69 Å². The molecular formula is C10H15N3O. The Kier molecular flexibility index (Phi) is 2.54. The zero-order chi connectivity index (χ0) is 9.97. The van der Waals surface area contributed by atoms with Crippen LogP contribution in [0.4, 0.5) is 5.69 Å². The molecule has 1 aromatic heterocycles. The van der Waals surface area contributed by atoms with Crippen LogP contribution in [0.5, 0.6) is 5.75 Å². The van der Waals surface area contributed by atoms with Crippen molar-refractivity contribution in [3.05, 3.63) is 18.5 Å². The van der Waals surface area contributed by atoms with Gasteiger partial charge in [-0.2, -0.15) is 0 Å². The minimum absolute atomic E-state index is 0.293. The number of hydrogen-bond acceptors (Lipinski definition) is 4. The number of hydrogen-bond donors (Lipinski definition) is 1. The van der Waals surface area contributed by atoms with Crippen LogP contribution in [-0.4, -0.2) is 31.2 Å². The Morgan fingerprint density at radius 1 is 1.57 bits per heavy atom. The Morgan fingerprint density at radius 3 is 3.07 bits per heavy atom. The quantitative estimate of drug-likeness (QED) is 0.748. The third kappa shape index (κ3) is 1.80. The van der Waals surface area contributed by atoms with Gasteiger partial charge in [-0.05, 0) is 6.42 Å². The molecule has 1 aliphatic rings. The first-order valence-electron chi connectivity index (χ1n) is 4.79. The van der Waals surface area contributed by atoms with Gasteiger partial charge in [-0.25, -0.2) is 0 Å². The smallest absolute Gasteiger partial charge is 0.139 e. The van der Waals surface area contributed by atoms with E-state index in [-0.39, 0.29) is 0 Å². The maximum Gasteiger partial charge on any atom is 0.139 e. The molecule has 2 heterocycles. The number of anilines is 1. The van der Waals surface area contributed by atoms with E-state index in [1.165, 1.54) is 0 Å². The van der Waals surface area contributed by atoms with Crippen molar-refractivity contribution in [3.63, 3.8) is 0 Å². The number of rotatable bonds is 2. The normalized spacial score (nSPS) is 21.3. The molecule has 1 aliphatic heterocycles. The molecule has 0 bridgehead atoms. The minimum Gasteiger partial charge on any atom is -0.495 e. The van der Waals surface area contributed by atoms with E-state index in [0.29, 0.717) is 6.04 Å². The fraction of sp³-hybridized carbons (Fsp3) is 0.500. The summed E-state index contributed by atoms with van der Waals surface area (Å²) < 4.78 is 5.12. The maximum atomic E-state index is 5.84. The molecule has 1 aromatic rings. The molecule has 4 heteroatoms. The van der Waals surface area contributed by atoms with E-state index in [9.17, 15) is 0 Å². The summed E-state index contributed by atoms with van der Waals surface area (Å²) in [7, 11) is 1.65. The van der Waals surface area contributed by atoms with Crippen LogP contribution >= 0.6 is 0 Å². The molecule has 2 rings (SSSR count). The van der Waals surface area contributed by atoms with E-state index >= 15 is 0 Å². The van der Waals surface area contributed by atoms with Gasteiger partial charge in [-0.3, -0.25) is 4.98 Å². The van der Waals surface area contributed by atoms with Crippen molar-refractivity contribution in [2.75, 3.05) is 25.1 Å². The highest BCUT2D eigenvalue weighted by atomic mass is 16.5. The Morgan fingerprint density at radius 2 is 2.43 bits per heavy atom. The van der Waals surface area contributed by atoms with Crippen molar-refractivity contribution in [3.8, 4) is 5.75 Å². The lowest BCUT2D eigenvalue weighted by atomic mass is 10.3. The molecule has 0 unspecified atom stereocenters. The summed E-state index contributed by atoms with van der Waals surface area (Å²) in [4.78, 5) is 6.35. The molecule has 0 saturated carbocycles. The first kappa shape index (κ1) is 9.27. The first-order valence-corrected chi connectivity index (χ1v) is 4.79. The summed E-state index contributed by atoms with van der Waals surface area (Å²) in [6.45, 7) is 1.92. The van der Waals surface area contributed by atoms with Gasteiger partial charge in [0.15, 0.2) is 0 Å². The van der Waals surface area contributed by atoms with Crippen LogP contribution in [0.15, 0.2) is 18.5 Å². The van der Waals surface area contributed by atoms with Gasteiger partial charge >= 0.3 is 0 Å². The van der Waals surface area contributed by atoms with Crippen molar-refractivity contribution < 1.29 is 4.74 Å². The second kappa shape index (κ2) is 3.84. The second-order valence-electron chi connectivity index (χ2n) is 3.58. The molecule has 0 aliphatic carbocycles. The Hall–Kier alpha value is -1.29. The number of pyridine rings is 1. The SMILES string of the molecule is COc1cncc(N2CC[C@H](N)C2)c1. The highest BCUT2D eigenvalue weighted by molar-refractivity contribution is 5.49. The fourth-order valence-corrected chi connectivity index (χ4v) is 1.71. The number of nitrogens with two attached hydrogens (primary N) is 1. The topological polar surface area (TPSA) is 51.4 Å². The molecule has 14 heavy (non-hydrogen) atoms. The summed E-state index contributed by atoms with van der Waals surface area (Å²) in [5, 5.41) is 0. The van der Waals surface area contributed by atoms with E-state index < -0.39 is 0 Å². The molecule has 0 amide bonds. The van der Waals surface area contributed by atoms with E-state index in [1.54, 1.807) is 13.3 Å². The van der Waals surface area contributed by atoms with Crippen LogP contribution in [0.2, 0.25) is 0 Å². The molecule has 0 aromatic carbocycles. The van der Waals surface area contributed by atoms with Crippen LogP contribution < -0.4 is 15.4 Å². The van der Waals surface area contributed by atoms with Crippen LogP contribution in [0.1, 0.15) is 6.42 Å². The zero-order valence-electron chi connectivity index (χ0n) is 8.31. The third-order valence-electron chi connectivity index (χ3n) is 2.52. The standard InChI is InChI=1S/C10H15N3O/c1-14-10-4-9(5-12-6-10)13-3-2-8(11)7-13/h4-6,8H,2-3,7,11H2,1H3/t8-/m0/s1. The fourth-order valence-electron chi connectivity index (χ4n) is 1.71. The van der Waals surface area contributed by atoms with Crippen LogP contribution in [0.3, 0.4) is 0 Å². The number of methoxy groups -OCH3 is 1. The predicted octanol–water partition coefficient (Wildman–Crippen LogP) is 0.628. The molecule has 1 saturated heterocycles. The Balaban J connectivity index is 2.15. The van der Waals surface area contributed by atoms with Gasteiger partial charge in [-0.15, -0.1) is 0 Å². The highest BCUT2D eigenvalue weighted by Crippen LogP contribution is 2.22. The summed E-state index contributed by atoms with van der Waals surface area (Å²) in [6.07, 6.45) is 4.61. The summed E-state index contributed by atoms with van der Waals surface area (Å²) in [5.41, 5.74) is 6.93. The van der Waals surface area contributed by atoms with Gasteiger partial charge in [-0.1, -0.05) is 0 Å². The second-order valence-corrected chi connectivity index (χ2v) is 3.58. The van der Waals surface area contributed by atoms with Crippen molar-refractivity contribution in [2.24, 2.45) is 5.73 Å². The zero-order valence-corrected chi connectivity index (χ0v) is 8.31. The van der Waals surface area contributed by atoms with Crippen LogP contribution in [-0.2, 0) is 0 Å². The molecule has 1 fully saturated rings. The lowest BCUT2D eigenvalue weighted by molar-refractivity contribution is 0.413. The minimum atomic E-state index is 0.293. The molecule has 0 spiro atoms. The molecule has 1 atom stereocenters. The number of aromatic nitrogens is 1. The molecule has 0 radical (unpaired) electrons. The third-order valence-corrected chi connectivity index (χ3v) is 2.52. The predicted molar refractivity (Wildman–Crippen MR) is 55.6 cm³/mol. The maximum absolute atomic E-state index is 5.84. The van der Waals surface area contributed by atoms with Gasteiger partial charge < -0.3 is 15.4 Å². The molecule has 2 N–H and O–H groups in total. The van der Waals surface area contributed by atoms with E-state index in [2.05, 4.69) is 9.88 Å². The van der Waals surface area contributed by atoms with Crippen molar-refractivity contribution in [1.29, 1.82) is 0 Å². The average Bonchev–Trinajstić information content (AvgIpc) is 2.65. The molecule has 76 valence electrons. The van der Waals surface area contributed by atoms with Gasteiger partial charge in [0, 0.05) is 25.2 Å². The van der Waals surface area contributed by atoms with E-state index in [0.717, 1.165) is 30.9 Å². The molecular weight excluding hydrogens is 178 g/mol. The Bertz CT molecular complexity index is 316. The highest BCUT2D eigenvalue weighted by Gasteiger charge is 2.19. The largest absolute Gasteiger partial charge is 0.495 e. The van der Waals surface area contributed by atoms with Gasteiger partial charge in [0.25, 0.3) is 0 Å². The molecule has 4 nitrogen and oxygen atoms in total. The van der Waals surface area contributed by atoms with Crippen LogP contribution in [0.25, 0.3) is 0 Å². The van der Waals surface area contributed by atoms with Crippen molar-refractivity contribution in [2.45, 2.75) is 12.5 Å². The number of nitrogens with zero attached hydrogens (tertiary/aromatic N) is 2. The first-order chi connectivity index (χ1) is 6.79.